The van der Waals surface area contributed by atoms with Crippen LogP contribution in [0.4, 0.5) is 8.78 Å². The second kappa shape index (κ2) is 4.03. The summed E-state index contributed by atoms with van der Waals surface area (Å²) in [6.45, 7) is 1.76. The van der Waals surface area contributed by atoms with E-state index in [2.05, 4.69) is 5.16 Å². The molecule has 1 fully saturated rings. The van der Waals surface area contributed by atoms with Crippen LogP contribution in [-0.2, 0) is 0 Å². The fourth-order valence-electron chi connectivity index (χ4n) is 2.02. The van der Waals surface area contributed by atoms with Crippen LogP contribution >= 0.6 is 0 Å². The highest BCUT2D eigenvalue weighted by Gasteiger charge is 2.37. The Morgan fingerprint density at radius 3 is 2.23 bits per heavy atom. The van der Waals surface area contributed by atoms with Crippen LogP contribution in [0.2, 0.25) is 0 Å². The van der Waals surface area contributed by atoms with Crippen molar-refractivity contribution in [3.05, 3.63) is 0 Å². The van der Waals surface area contributed by atoms with Crippen molar-refractivity contribution < 1.29 is 14.0 Å². The molecular formula is C9H15F2NO. The molecule has 1 aliphatic rings. The van der Waals surface area contributed by atoms with Crippen molar-refractivity contribution in [1.82, 2.24) is 0 Å². The molecule has 4 heteroatoms. The number of hydrogen-bond donors (Lipinski definition) is 1. The third-order valence-electron chi connectivity index (χ3n) is 2.89. The standard InChI is InChI=1S/C9H15F2NO/c1-9(5-3-2-4-6-9)7(12-13)8(10)11/h8,13H,2-6H2,1H3/b12-7+. The summed E-state index contributed by atoms with van der Waals surface area (Å²) in [6, 6.07) is 0. The van der Waals surface area contributed by atoms with Crippen LogP contribution < -0.4 is 0 Å². The lowest BCUT2D eigenvalue weighted by Crippen LogP contribution is -2.35. The third kappa shape index (κ3) is 2.17. The highest BCUT2D eigenvalue weighted by Crippen LogP contribution is 2.38. The van der Waals surface area contributed by atoms with Gasteiger partial charge in [-0.1, -0.05) is 31.3 Å². The molecule has 2 nitrogen and oxygen atoms in total. The average molecular weight is 191 g/mol. The normalized spacial score (nSPS) is 23.5. The fraction of sp³-hybridized carbons (Fsp3) is 0.889. The van der Waals surface area contributed by atoms with Gasteiger partial charge in [0.05, 0.1) is 0 Å². The van der Waals surface area contributed by atoms with Crippen LogP contribution in [0.15, 0.2) is 5.16 Å². The lowest BCUT2D eigenvalue weighted by molar-refractivity contribution is 0.179. The molecule has 1 aliphatic carbocycles. The molecule has 0 amide bonds. The SMILES string of the molecule is CC1(/C(=N/O)C(F)F)CCCCC1. The third-order valence-corrected chi connectivity index (χ3v) is 2.89. The summed E-state index contributed by atoms with van der Waals surface area (Å²) in [5.74, 6) is 0. The maximum atomic E-state index is 12.4. The minimum atomic E-state index is -2.63. The fourth-order valence-corrected chi connectivity index (χ4v) is 2.02. The van der Waals surface area contributed by atoms with Gasteiger partial charge in [-0.15, -0.1) is 0 Å². The van der Waals surface area contributed by atoms with Gasteiger partial charge in [-0.3, -0.25) is 0 Å². The van der Waals surface area contributed by atoms with E-state index in [1.165, 1.54) is 0 Å². The molecule has 0 aliphatic heterocycles. The number of halogens is 2. The van der Waals surface area contributed by atoms with E-state index in [4.69, 9.17) is 5.21 Å². The zero-order valence-electron chi connectivity index (χ0n) is 7.76. The van der Waals surface area contributed by atoms with E-state index in [-0.39, 0.29) is 5.71 Å². The molecule has 0 radical (unpaired) electrons. The van der Waals surface area contributed by atoms with Crippen molar-refractivity contribution >= 4 is 5.71 Å². The second-order valence-corrected chi connectivity index (χ2v) is 3.91. The summed E-state index contributed by atoms with van der Waals surface area (Å²) >= 11 is 0. The molecule has 0 bridgehead atoms. The van der Waals surface area contributed by atoms with Crippen molar-refractivity contribution in [3.8, 4) is 0 Å². The molecule has 1 saturated carbocycles. The highest BCUT2D eigenvalue weighted by molar-refractivity contribution is 5.92. The Kier molecular flexibility index (Phi) is 3.22. The van der Waals surface area contributed by atoms with Crippen LogP contribution in [0.3, 0.4) is 0 Å². The molecule has 0 aromatic rings. The summed E-state index contributed by atoms with van der Waals surface area (Å²) < 4.78 is 24.9. The molecule has 0 aromatic carbocycles. The van der Waals surface area contributed by atoms with E-state index < -0.39 is 11.8 Å². The summed E-state index contributed by atoms with van der Waals surface area (Å²) in [5, 5.41) is 11.3. The molecule has 0 saturated heterocycles. The first-order chi connectivity index (χ1) is 6.10. The monoisotopic (exact) mass is 191 g/mol. The van der Waals surface area contributed by atoms with Crippen molar-refractivity contribution in [2.45, 2.75) is 45.5 Å². The molecule has 0 unspecified atom stereocenters. The van der Waals surface area contributed by atoms with Crippen LogP contribution in [0, 0.1) is 5.41 Å². The van der Waals surface area contributed by atoms with Gasteiger partial charge in [-0.25, -0.2) is 8.78 Å². The Bertz CT molecular complexity index is 198. The van der Waals surface area contributed by atoms with Gasteiger partial charge in [-0.2, -0.15) is 0 Å². The van der Waals surface area contributed by atoms with Crippen molar-refractivity contribution in [1.29, 1.82) is 0 Å². The average Bonchev–Trinajstić information content (AvgIpc) is 2.05. The minimum absolute atomic E-state index is 0.341. The molecule has 0 heterocycles. The van der Waals surface area contributed by atoms with Gasteiger partial charge in [0, 0.05) is 5.41 Å². The predicted octanol–water partition coefficient (Wildman–Crippen LogP) is 3.05. The van der Waals surface area contributed by atoms with Gasteiger partial charge in [0.25, 0.3) is 6.43 Å². The summed E-state index contributed by atoms with van der Waals surface area (Å²) in [5.41, 5.74) is -0.923. The van der Waals surface area contributed by atoms with Crippen molar-refractivity contribution in [2.75, 3.05) is 0 Å². The second-order valence-electron chi connectivity index (χ2n) is 3.91. The minimum Gasteiger partial charge on any atom is -0.411 e. The first-order valence-corrected chi connectivity index (χ1v) is 4.61. The van der Waals surface area contributed by atoms with E-state index in [0.717, 1.165) is 19.3 Å². The Morgan fingerprint density at radius 1 is 1.31 bits per heavy atom. The van der Waals surface area contributed by atoms with E-state index in [1.54, 1.807) is 6.92 Å². The topological polar surface area (TPSA) is 32.6 Å². The quantitative estimate of drug-likeness (QED) is 0.406. The molecular weight excluding hydrogens is 176 g/mol. The van der Waals surface area contributed by atoms with Crippen molar-refractivity contribution in [3.63, 3.8) is 0 Å². The molecule has 76 valence electrons. The summed E-state index contributed by atoms with van der Waals surface area (Å²) in [4.78, 5) is 0. The van der Waals surface area contributed by atoms with Gasteiger partial charge in [0.2, 0.25) is 0 Å². The molecule has 1 rings (SSSR count). The number of rotatable bonds is 2. The number of nitrogens with zero attached hydrogens (tertiary/aromatic N) is 1. The Morgan fingerprint density at radius 2 is 1.85 bits per heavy atom. The Balaban J connectivity index is 2.76. The van der Waals surface area contributed by atoms with Gasteiger partial charge < -0.3 is 5.21 Å². The van der Waals surface area contributed by atoms with Gasteiger partial charge >= 0.3 is 0 Å². The molecule has 0 aromatic heterocycles. The first-order valence-electron chi connectivity index (χ1n) is 4.61. The van der Waals surface area contributed by atoms with Crippen LogP contribution in [0.1, 0.15) is 39.0 Å². The molecule has 13 heavy (non-hydrogen) atoms. The largest absolute Gasteiger partial charge is 0.411 e. The van der Waals surface area contributed by atoms with Crippen molar-refractivity contribution in [2.24, 2.45) is 10.6 Å². The predicted molar refractivity (Wildman–Crippen MR) is 46.4 cm³/mol. The van der Waals surface area contributed by atoms with E-state index in [9.17, 15) is 8.78 Å². The lowest BCUT2D eigenvalue weighted by Gasteiger charge is -2.33. The van der Waals surface area contributed by atoms with E-state index in [0.29, 0.717) is 12.8 Å². The maximum absolute atomic E-state index is 12.4. The number of hydrogen-bond acceptors (Lipinski definition) is 2. The van der Waals surface area contributed by atoms with Gasteiger partial charge in [0.1, 0.15) is 5.71 Å². The Labute approximate surface area is 76.6 Å². The summed E-state index contributed by atoms with van der Waals surface area (Å²) in [7, 11) is 0. The lowest BCUT2D eigenvalue weighted by atomic mass is 9.72. The molecule has 1 N–H and O–H groups in total. The van der Waals surface area contributed by atoms with Crippen LogP contribution in [-0.4, -0.2) is 17.3 Å². The number of alkyl halides is 2. The highest BCUT2D eigenvalue weighted by atomic mass is 19.3. The summed E-state index contributed by atoms with van der Waals surface area (Å²) in [6.07, 6.45) is 1.77. The molecule has 0 spiro atoms. The van der Waals surface area contributed by atoms with Crippen LogP contribution in [0.5, 0.6) is 0 Å². The van der Waals surface area contributed by atoms with Gasteiger partial charge in [-0.05, 0) is 12.8 Å². The van der Waals surface area contributed by atoms with E-state index >= 15 is 0 Å². The molecule has 0 atom stereocenters. The smallest absolute Gasteiger partial charge is 0.280 e. The zero-order valence-corrected chi connectivity index (χ0v) is 7.76. The first kappa shape index (κ1) is 10.4. The Hall–Kier alpha value is -0.670. The van der Waals surface area contributed by atoms with Gasteiger partial charge in [0.15, 0.2) is 0 Å². The maximum Gasteiger partial charge on any atom is 0.280 e. The van der Waals surface area contributed by atoms with E-state index in [1.807, 2.05) is 0 Å². The number of oxime groups is 1. The zero-order chi connectivity index (χ0) is 9.90. The van der Waals surface area contributed by atoms with Crippen LogP contribution in [0.25, 0.3) is 0 Å².